The van der Waals surface area contributed by atoms with Crippen molar-refractivity contribution in [3.63, 3.8) is 0 Å². The number of fused-ring (bicyclic) bond motifs is 1. The van der Waals surface area contributed by atoms with Crippen LogP contribution in [0.25, 0.3) is 10.9 Å². The maximum atomic E-state index is 11.2. The summed E-state index contributed by atoms with van der Waals surface area (Å²) in [7, 11) is -1.80. The lowest BCUT2D eigenvalue weighted by Crippen LogP contribution is -2.43. The van der Waals surface area contributed by atoms with Crippen LogP contribution in [-0.2, 0) is 0 Å². The van der Waals surface area contributed by atoms with E-state index in [-0.39, 0.29) is 0 Å². The summed E-state index contributed by atoms with van der Waals surface area (Å²) in [5.74, 6) is 2.50. The Kier molecular flexibility index (Phi) is 5.25. The summed E-state index contributed by atoms with van der Waals surface area (Å²) >= 11 is 0. The highest BCUT2D eigenvalue weighted by Crippen LogP contribution is 2.40. The van der Waals surface area contributed by atoms with E-state index in [9.17, 15) is 9.90 Å². The van der Waals surface area contributed by atoms with Crippen molar-refractivity contribution in [2.75, 3.05) is 0 Å². The van der Waals surface area contributed by atoms with Crippen LogP contribution in [0.15, 0.2) is 24.4 Å². The van der Waals surface area contributed by atoms with Gasteiger partial charge in [-0.15, -0.1) is 5.54 Å². The van der Waals surface area contributed by atoms with Crippen molar-refractivity contribution < 1.29 is 9.90 Å². The molecule has 0 aliphatic rings. The van der Waals surface area contributed by atoms with Crippen LogP contribution in [0.5, 0.6) is 0 Å². The van der Waals surface area contributed by atoms with Gasteiger partial charge in [0.05, 0.1) is 5.56 Å². The number of hydrogen-bond donors (Lipinski definition) is 2. The summed E-state index contributed by atoms with van der Waals surface area (Å²) in [5, 5.41) is 10.1. The van der Waals surface area contributed by atoms with Gasteiger partial charge in [0, 0.05) is 22.7 Å². The first-order valence-electron chi connectivity index (χ1n) is 8.57. The first-order valence-corrected chi connectivity index (χ1v) is 10.8. The molecule has 0 unspecified atom stereocenters. The van der Waals surface area contributed by atoms with Crippen molar-refractivity contribution in [1.82, 2.24) is 4.98 Å². The molecule has 0 aliphatic carbocycles. The highest BCUT2D eigenvalue weighted by molar-refractivity contribution is 6.90. The molecule has 2 aromatic rings. The Balaban J connectivity index is 2.58. The fourth-order valence-electron chi connectivity index (χ4n) is 3.97. The van der Waals surface area contributed by atoms with Crippen LogP contribution in [0.3, 0.4) is 0 Å². The predicted octanol–water partition coefficient (Wildman–Crippen LogP) is 5.44. The SMILES string of the molecule is CC(C)[Si](C#Cc1c[nH]c2ccc(C(=O)O)cc12)(C(C)C)C(C)C. The van der Waals surface area contributed by atoms with Crippen molar-refractivity contribution in [3.8, 4) is 11.5 Å². The fourth-order valence-corrected chi connectivity index (χ4v) is 9.18. The van der Waals surface area contributed by atoms with Gasteiger partial charge in [-0.2, -0.15) is 0 Å². The number of aromatic nitrogens is 1. The van der Waals surface area contributed by atoms with E-state index in [1.165, 1.54) is 0 Å². The average Bonchev–Trinajstić information content (AvgIpc) is 2.89. The molecule has 0 aliphatic heterocycles. The first kappa shape index (κ1) is 18.3. The molecule has 0 amide bonds. The standard InChI is InChI=1S/C20H27NO2Si/c1-13(2)24(14(3)4,15(5)6)10-9-17-12-21-19-8-7-16(20(22)23)11-18(17)19/h7-8,11-15,21H,1-6H3,(H,22,23). The number of aromatic carboxylic acids is 1. The van der Waals surface area contributed by atoms with Crippen molar-refractivity contribution in [3.05, 3.63) is 35.5 Å². The number of rotatable bonds is 4. The molecule has 3 nitrogen and oxygen atoms in total. The molecule has 2 rings (SSSR count). The maximum Gasteiger partial charge on any atom is 0.335 e. The number of aromatic amines is 1. The van der Waals surface area contributed by atoms with Crippen LogP contribution in [0.4, 0.5) is 0 Å². The fraction of sp³-hybridized carbons (Fsp3) is 0.450. The van der Waals surface area contributed by atoms with E-state index >= 15 is 0 Å². The molecule has 1 heterocycles. The summed E-state index contributed by atoms with van der Waals surface area (Å²) in [4.78, 5) is 14.4. The van der Waals surface area contributed by atoms with Gasteiger partial charge >= 0.3 is 5.97 Å². The number of hydrogen-bond acceptors (Lipinski definition) is 1. The lowest BCUT2D eigenvalue weighted by Gasteiger charge is -2.38. The Hall–Kier alpha value is -1.99. The van der Waals surface area contributed by atoms with Crippen molar-refractivity contribution >= 4 is 24.9 Å². The van der Waals surface area contributed by atoms with Crippen LogP contribution < -0.4 is 0 Å². The van der Waals surface area contributed by atoms with E-state index in [4.69, 9.17) is 0 Å². The van der Waals surface area contributed by atoms with Gasteiger partial charge in [0.25, 0.3) is 0 Å². The smallest absolute Gasteiger partial charge is 0.335 e. The summed E-state index contributed by atoms with van der Waals surface area (Å²) in [5.41, 5.74) is 7.54. The molecule has 0 spiro atoms. The molecule has 128 valence electrons. The summed E-state index contributed by atoms with van der Waals surface area (Å²) in [6.07, 6.45) is 1.89. The summed E-state index contributed by atoms with van der Waals surface area (Å²) < 4.78 is 0. The van der Waals surface area contributed by atoms with Crippen molar-refractivity contribution in [1.29, 1.82) is 0 Å². The Morgan fingerprint density at radius 1 is 1.08 bits per heavy atom. The van der Waals surface area contributed by atoms with Crippen LogP contribution in [0.1, 0.15) is 57.5 Å². The van der Waals surface area contributed by atoms with E-state index in [1.54, 1.807) is 12.1 Å². The number of carboxylic acids is 1. The second-order valence-corrected chi connectivity index (χ2v) is 13.0. The Bertz CT molecular complexity index is 784. The minimum absolute atomic E-state index is 0.297. The second kappa shape index (κ2) is 6.86. The molecule has 0 atom stereocenters. The van der Waals surface area contributed by atoms with Gasteiger partial charge in [-0.1, -0.05) is 47.5 Å². The topological polar surface area (TPSA) is 53.1 Å². The molecule has 1 aromatic carbocycles. The molecule has 0 radical (unpaired) electrons. The number of H-pyrrole nitrogens is 1. The minimum Gasteiger partial charge on any atom is -0.478 e. The van der Waals surface area contributed by atoms with Crippen LogP contribution in [0.2, 0.25) is 16.6 Å². The zero-order valence-corrected chi connectivity index (χ0v) is 16.4. The zero-order valence-electron chi connectivity index (χ0n) is 15.4. The molecule has 1 aromatic heterocycles. The normalized spacial score (nSPS) is 12.0. The van der Waals surface area contributed by atoms with Crippen LogP contribution >= 0.6 is 0 Å². The Morgan fingerprint density at radius 2 is 1.67 bits per heavy atom. The third-order valence-corrected chi connectivity index (χ3v) is 11.5. The summed E-state index contributed by atoms with van der Waals surface area (Å²) in [6, 6.07) is 5.14. The molecule has 0 saturated carbocycles. The molecular weight excluding hydrogens is 314 g/mol. The monoisotopic (exact) mass is 341 g/mol. The third kappa shape index (κ3) is 3.14. The Labute approximate surface area is 145 Å². The predicted molar refractivity (Wildman–Crippen MR) is 103 cm³/mol. The molecular formula is C20H27NO2Si. The average molecular weight is 342 g/mol. The Morgan fingerprint density at radius 3 is 2.17 bits per heavy atom. The molecule has 0 bridgehead atoms. The highest BCUT2D eigenvalue weighted by Gasteiger charge is 2.41. The lowest BCUT2D eigenvalue weighted by molar-refractivity contribution is 0.0697. The zero-order chi connectivity index (χ0) is 18.1. The molecule has 0 saturated heterocycles. The maximum absolute atomic E-state index is 11.2. The van der Waals surface area contributed by atoms with E-state index in [2.05, 4.69) is 58.0 Å². The second-order valence-electron chi connectivity index (χ2n) is 7.41. The van der Waals surface area contributed by atoms with E-state index < -0.39 is 14.0 Å². The van der Waals surface area contributed by atoms with Gasteiger partial charge in [-0.05, 0) is 34.8 Å². The van der Waals surface area contributed by atoms with Gasteiger partial charge < -0.3 is 10.1 Å². The lowest BCUT2D eigenvalue weighted by atomic mass is 10.1. The number of nitrogens with one attached hydrogen (secondary N) is 1. The van der Waals surface area contributed by atoms with E-state index in [0.717, 1.165) is 16.5 Å². The minimum atomic E-state index is -1.80. The van der Waals surface area contributed by atoms with Gasteiger partial charge in [-0.3, -0.25) is 0 Å². The molecule has 0 fully saturated rings. The molecule has 4 heteroatoms. The number of carbonyl (C=O) groups is 1. The number of benzene rings is 1. The quantitative estimate of drug-likeness (QED) is 0.575. The first-order chi connectivity index (χ1) is 11.2. The van der Waals surface area contributed by atoms with Gasteiger partial charge in [0.1, 0.15) is 8.07 Å². The van der Waals surface area contributed by atoms with Gasteiger partial charge in [0.2, 0.25) is 0 Å². The highest BCUT2D eigenvalue weighted by atomic mass is 28.3. The molecule has 2 N–H and O–H groups in total. The molecule has 24 heavy (non-hydrogen) atoms. The number of carboxylic acid groups (broad SMARTS) is 1. The van der Waals surface area contributed by atoms with E-state index in [1.807, 2.05) is 12.3 Å². The van der Waals surface area contributed by atoms with Crippen LogP contribution in [-0.4, -0.2) is 24.1 Å². The van der Waals surface area contributed by atoms with Crippen molar-refractivity contribution in [2.45, 2.75) is 58.2 Å². The largest absolute Gasteiger partial charge is 0.478 e. The van der Waals surface area contributed by atoms with E-state index in [0.29, 0.717) is 22.2 Å². The van der Waals surface area contributed by atoms with Crippen LogP contribution in [0, 0.1) is 11.5 Å². The summed E-state index contributed by atoms with van der Waals surface area (Å²) in [6.45, 7) is 13.7. The van der Waals surface area contributed by atoms with Gasteiger partial charge in [-0.25, -0.2) is 4.79 Å². The van der Waals surface area contributed by atoms with Crippen molar-refractivity contribution in [2.24, 2.45) is 0 Å². The third-order valence-electron chi connectivity index (χ3n) is 5.21. The van der Waals surface area contributed by atoms with Gasteiger partial charge in [0.15, 0.2) is 0 Å².